The monoisotopic (exact) mass is 342 g/mol. The van der Waals surface area contributed by atoms with Crippen molar-refractivity contribution < 1.29 is 0 Å². The van der Waals surface area contributed by atoms with Crippen molar-refractivity contribution in [1.29, 1.82) is 0 Å². The largest absolute Gasteiger partial charge is 0.369 e. The fraction of sp³-hybridized carbons (Fsp3) is 0.294. The molecule has 3 heterocycles. The number of rotatable bonds is 3. The molecule has 0 saturated carbocycles. The number of hydrogen-bond acceptors (Lipinski definition) is 5. The fourth-order valence-electron chi connectivity index (χ4n) is 2.95. The van der Waals surface area contributed by atoms with Gasteiger partial charge >= 0.3 is 0 Å². The molecule has 1 aliphatic heterocycles. The molecule has 124 valence electrons. The molecule has 0 bridgehead atoms. The maximum absolute atomic E-state index is 6.11. The number of nitrogens with zero attached hydrogens (tertiary/aromatic N) is 5. The molecule has 0 aliphatic carbocycles. The summed E-state index contributed by atoms with van der Waals surface area (Å²) in [6.45, 7) is 4.35. The average molecular weight is 343 g/mol. The number of piperazine rings is 1. The molecule has 0 atom stereocenters. The highest BCUT2D eigenvalue weighted by molar-refractivity contribution is 6.29. The SMILES string of the molecule is CN1CCN(c2ccc(Nc3ccc(Cl)n4ncnc34)cc2)CC1. The Morgan fingerprint density at radius 3 is 2.50 bits per heavy atom. The summed E-state index contributed by atoms with van der Waals surface area (Å²) >= 11 is 6.11. The summed E-state index contributed by atoms with van der Waals surface area (Å²) in [4.78, 5) is 9.04. The number of hydrogen-bond donors (Lipinski definition) is 1. The Morgan fingerprint density at radius 1 is 1.00 bits per heavy atom. The molecule has 0 spiro atoms. The van der Waals surface area contributed by atoms with Crippen LogP contribution in [-0.4, -0.2) is 52.7 Å². The van der Waals surface area contributed by atoms with Crippen LogP contribution in [0.25, 0.3) is 5.65 Å². The van der Waals surface area contributed by atoms with Crippen LogP contribution in [0, 0.1) is 0 Å². The predicted octanol–water partition coefficient (Wildman–Crippen LogP) is 2.88. The molecule has 0 unspecified atom stereocenters. The first kappa shape index (κ1) is 15.2. The first-order chi connectivity index (χ1) is 11.7. The van der Waals surface area contributed by atoms with Gasteiger partial charge in [0.15, 0.2) is 5.65 Å². The molecule has 4 rings (SSSR count). The number of pyridine rings is 1. The zero-order valence-electron chi connectivity index (χ0n) is 13.5. The van der Waals surface area contributed by atoms with Gasteiger partial charge in [0.1, 0.15) is 11.5 Å². The van der Waals surface area contributed by atoms with Gasteiger partial charge in [0.2, 0.25) is 0 Å². The van der Waals surface area contributed by atoms with Crippen molar-refractivity contribution in [2.24, 2.45) is 0 Å². The number of nitrogens with one attached hydrogen (secondary N) is 1. The van der Waals surface area contributed by atoms with Crippen LogP contribution in [-0.2, 0) is 0 Å². The van der Waals surface area contributed by atoms with Gasteiger partial charge in [-0.1, -0.05) is 11.6 Å². The van der Waals surface area contributed by atoms with Crippen LogP contribution in [0.3, 0.4) is 0 Å². The minimum Gasteiger partial charge on any atom is -0.369 e. The second kappa shape index (κ2) is 6.30. The van der Waals surface area contributed by atoms with Gasteiger partial charge < -0.3 is 15.1 Å². The quantitative estimate of drug-likeness (QED) is 0.742. The highest BCUT2D eigenvalue weighted by Gasteiger charge is 2.14. The van der Waals surface area contributed by atoms with E-state index in [1.54, 1.807) is 4.52 Å². The fourth-order valence-corrected chi connectivity index (χ4v) is 3.14. The van der Waals surface area contributed by atoms with Crippen molar-refractivity contribution in [3.8, 4) is 0 Å². The Hall–Kier alpha value is -2.31. The molecular weight excluding hydrogens is 324 g/mol. The van der Waals surface area contributed by atoms with Crippen LogP contribution in [0.1, 0.15) is 0 Å². The van der Waals surface area contributed by atoms with Gasteiger partial charge in [0, 0.05) is 37.6 Å². The van der Waals surface area contributed by atoms with E-state index in [4.69, 9.17) is 11.6 Å². The van der Waals surface area contributed by atoms with E-state index in [9.17, 15) is 0 Å². The number of likely N-dealkylation sites (N-methyl/N-ethyl adjacent to an activating group) is 1. The van der Waals surface area contributed by atoms with Crippen molar-refractivity contribution in [3.63, 3.8) is 0 Å². The zero-order chi connectivity index (χ0) is 16.5. The lowest BCUT2D eigenvalue weighted by Crippen LogP contribution is -2.44. The first-order valence-electron chi connectivity index (χ1n) is 7.99. The van der Waals surface area contributed by atoms with Crippen molar-refractivity contribution in [3.05, 3.63) is 47.9 Å². The molecule has 1 N–H and O–H groups in total. The molecule has 0 amide bonds. The third kappa shape index (κ3) is 2.90. The summed E-state index contributed by atoms with van der Waals surface area (Å²) < 4.78 is 1.61. The summed E-state index contributed by atoms with van der Waals surface area (Å²) in [6.07, 6.45) is 1.50. The average Bonchev–Trinajstić information content (AvgIpc) is 3.10. The number of halogens is 1. The van der Waals surface area contributed by atoms with Crippen LogP contribution >= 0.6 is 11.6 Å². The van der Waals surface area contributed by atoms with Gasteiger partial charge in [-0.3, -0.25) is 0 Å². The lowest BCUT2D eigenvalue weighted by molar-refractivity contribution is 0.313. The van der Waals surface area contributed by atoms with Gasteiger partial charge in [-0.05, 0) is 43.4 Å². The summed E-state index contributed by atoms with van der Waals surface area (Å²) in [6, 6.07) is 12.2. The third-order valence-electron chi connectivity index (χ3n) is 4.39. The van der Waals surface area contributed by atoms with Gasteiger partial charge in [0.25, 0.3) is 0 Å². The number of anilines is 3. The van der Waals surface area contributed by atoms with Crippen LogP contribution < -0.4 is 10.2 Å². The smallest absolute Gasteiger partial charge is 0.180 e. The van der Waals surface area contributed by atoms with Crippen molar-refractivity contribution in [2.45, 2.75) is 0 Å². The van der Waals surface area contributed by atoms with Crippen molar-refractivity contribution in [2.75, 3.05) is 43.4 Å². The highest BCUT2D eigenvalue weighted by atomic mass is 35.5. The lowest BCUT2D eigenvalue weighted by Gasteiger charge is -2.34. The van der Waals surface area contributed by atoms with Crippen molar-refractivity contribution >= 4 is 34.3 Å². The van der Waals surface area contributed by atoms with E-state index in [2.05, 4.69) is 56.5 Å². The molecule has 1 saturated heterocycles. The summed E-state index contributed by atoms with van der Waals surface area (Å²) in [5.41, 5.74) is 3.87. The van der Waals surface area contributed by atoms with E-state index >= 15 is 0 Å². The normalized spacial score (nSPS) is 15.8. The zero-order valence-corrected chi connectivity index (χ0v) is 14.2. The molecule has 1 aliphatic rings. The number of aromatic nitrogens is 3. The highest BCUT2D eigenvalue weighted by Crippen LogP contribution is 2.25. The molecule has 7 heteroatoms. The Balaban J connectivity index is 1.53. The van der Waals surface area contributed by atoms with Crippen LogP contribution in [0.2, 0.25) is 5.15 Å². The van der Waals surface area contributed by atoms with Gasteiger partial charge in [0.05, 0.1) is 5.69 Å². The second-order valence-electron chi connectivity index (χ2n) is 6.03. The number of fused-ring (bicyclic) bond motifs is 1. The Morgan fingerprint density at radius 2 is 1.75 bits per heavy atom. The standard InChI is InChI=1S/C17H19ClN6/c1-22-8-10-23(11-9-22)14-4-2-13(3-5-14)21-15-6-7-16(18)24-17(15)19-12-20-24/h2-7,12,21H,8-11H2,1H3. The lowest BCUT2D eigenvalue weighted by atomic mass is 10.2. The van der Waals surface area contributed by atoms with Crippen LogP contribution in [0.15, 0.2) is 42.7 Å². The van der Waals surface area contributed by atoms with E-state index in [0.717, 1.165) is 37.6 Å². The predicted molar refractivity (Wildman–Crippen MR) is 97.4 cm³/mol. The van der Waals surface area contributed by atoms with Gasteiger partial charge in [-0.15, -0.1) is 0 Å². The maximum atomic E-state index is 6.11. The topological polar surface area (TPSA) is 48.7 Å². The Kier molecular flexibility index (Phi) is 4.00. The van der Waals surface area contributed by atoms with E-state index < -0.39 is 0 Å². The van der Waals surface area contributed by atoms with Gasteiger partial charge in [-0.25, -0.2) is 9.50 Å². The molecule has 6 nitrogen and oxygen atoms in total. The molecular formula is C17H19ClN6. The van der Waals surface area contributed by atoms with Gasteiger partial charge in [-0.2, -0.15) is 5.10 Å². The Bertz CT molecular complexity index is 836. The van der Waals surface area contributed by atoms with E-state index in [1.807, 2.05) is 12.1 Å². The molecule has 1 aromatic carbocycles. The minimum absolute atomic E-state index is 0.540. The molecule has 3 aromatic rings. The second-order valence-corrected chi connectivity index (χ2v) is 6.41. The molecule has 0 radical (unpaired) electrons. The molecule has 24 heavy (non-hydrogen) atoms. The van der Waals surface area contributed by atoms with Crippen LogP contribution in [0.5, 0.6) is 0 Å². The number of benzene rings is 1. The van der Waals surface area contributed by atoms with E-state index in [-0.39, 0.29) is 0 Å². The third-order valence-corrected chi connectivity index (χ3v) is 4.68. The molecule has 1 fully saturated rings. The van der Waals surface area contributed by atoms with Crippen LogP contribution in [0.4, 0.5) is 17.1 Å². The minimum atomic E-state index is 0.540. The summed E-state index contributed by atoms with van der Waals surface area (Å²) in [7, 11) is 2.17. The first-order valence-corrected chi connectivity index (χ1v) is 8.37. The Labute approximate surface area is 145 Å². The van der Waals surface area contributed by atoms with E-state index in [1.165, 1.54) is 12.0 Å². The molecule has 2 aromatic heterocycles. The summed E-state index contributed by atoms with van der Waals surface area (Å²) in [5.74, 6) is 0. The summed E-state index contributed by atoms with van der Waals surface area (Å²) in [5, 5.41) is 8.05. The van der Waals surface area contributed by atoms with E-state index in [0.29, 0.717) is 10.8 Å². The maximum Gasteiger partial charge on any atom is 0.180 e. The van der Waals surface area contributed by atoms with Crippen molar-refractivity contribution in [1.82, 2.24) is 19.5 Å².